The van der Waals surface area contributed by atoms with Crippen LogP contribution < -0.4 is 0 Å². The van der Waals surface area contributed by atoms with Crippen molar-refractivity contribution in [3.05, 3.63) is 0 Å². The lowest BCUT2D eigenvalue weighted by molar-refractivity contribution is -0.137. The molecule has 0 aliphatic carbocycles. The molecule has 1 unspecified atom stereocenters. The molecule has 1 aliphatic heterocycles. The molecular weight excluding hydrogens is 156 g/mol. The molecular formula is C8H14N2O2. The van der Waals surface area contributed by atoms with Crippen LogP contribution >= 0.6 is 0 Å². The first-order chi connectivity index (χ1) is 5.66. The molecule has 1 amide bonds. The number of carbonyl (C=O) groups excluding carboxylic acids is 2. The third-order valence-corrected chi connectivity index (χ3v) is 2.24. The van der Waals surface area contributed by atoms with Gasteiger partial charge in [0.05, 0.1) is 0 Å². The summed E-state index contributed by atoms with van der Waals surface area (Å²) in [6.45, 7) is 2.52. The largest absolute Gasteiger partial charge is 0.303 e. The van der Waals surface area contributed by atoms with Gasteiger partial charge in [0.25, 0.3) is 0 Å². The van der Waals surface area contributed by atoms with Crippen LogP contribution in [0.3, 0.4) is 0 Å². The van der Waals surface area contributed by atoms with Crippen LogP contribution in [0.5, 0.6) is 0 Å². The number of carbonyl (C=O) groups is 2. The van der Waals surface area contributed by atoms with Crippen LogP contribution in [0.15, 0.2) is 0 Å². The van der Waals surface area contributed by atoms with Crippen molar-refractivity contribution in [1.29, 1.82) is 0 Å². The van der Waals surface area contributed by atoms with Gasteiger partial charge in [0, 0.05) is 32.5 Å². The summed E-state index contributed by atoms with van der Waals surface area (Å²) >= 11 is 0. The van der Waals surface area contributed by atoms with Gasteiger partial charge in [-0.1, -0.05) is 0 Å². The Labute approximate surface area is 72.1 Å². The Morgan fingerprint density at radius 2 is 2.33 bits per heavy atom. The lowest BCUT2D eigenvalue weighted by Crippen LogP contribution is -2.39. The lowest BCUT2D eigenvalue weighted by atomic mass is 10.2. The number of amides is 1. The average molecular weight is 170 g/mol. The first-order valence-corrected chi connectivity index (χ1v) is 4.13. The molecule has 0 aromatic heterocycles. The van der Waals surface area contributed by atoms with Gasteiger partial charge in [-0.2, -0.15) is 0 Å². The van der Waals surface area contributed by atoms with Gasteiger partial charge in [-0.3, -0.25) is 9.80 Å². The van der Waals surface area contributed by atoms with E-state index in [9.17, 15) is 9.59 Å². The van der Waals surface area contributed by atoms with Gasteiger partial charge < -0.3 is 4.79 Å². The van der Waals surface area contributed by atoms with E-state index in [0.29, 0.717) is 19.4 Å². The normalized spacial score (nSPS) is 25.0. The molecule has 1 atom stereocenters. The molecule has 1 saturated heterocycles. The second-order valence-corrected chi connectivity index (χ2v) is 3.10. The number of hydrogen-bond acceptors (Lipinski definition) is 3. The first kappa shape index (κ1) is 9.19. The molecule has 0 bridgehead atoms. The zero-order valence-corrected chi connectivity index (χ0v) is 7.49. The fraction of sp³-hybridized carbons (Fsp3) is 0.750. The number of nitrogens with zero attached hydrogens (tertiary/aromatic N) is 2. The van der Waals surface area contributed by atoms with Crippen LogP contribution in [0.25, 0.3) is 0 Å². The zero-order chi connectivity index (χ0) is 9.14. The van der Waals surface area contributed by atoms with Crippen LogP contribution in [0.1, 0.15) is 19.8 Å². The Kier molecular flexibility index (Phi) is 2.81. The number of hydrazine groups is 1. The number of hydrogen-bond donors (Lipinski definition) is 0. The van der Waals surface area contributed by atoms with Crippen LogP contribution in [0.2, 0.25) is 0 Å². The number of rotatable bonds is 3. The monoisotopic (exact) mass is 170 g/mol. The fourth-order valence-electron chi connectivity index (χ4n) is 1.36. The maximum absolute atomic E-state index is 11.3. The molecule has 68 valence electrons. The van der Waals surface area contributed by atoms with Crippen molar-refractivity contribution < 1.29 is 9.59 Å². The highest BCUT2D eigenvalue weighted by Crippen LogP contribution is 2.16. The van der Waals surface area contributed by atoms with Gasteiger partial charge in [-0.25, -0.2) is 5.01 Å². The minimum atomic E-state index is 0.117. The molecule has 12 heavy (non-hydrogen) atoms. The third-order valence-electron chi connectivity index (χ3n) is 2.24. The number of aldehydes is 1. The van der Waals surface area contributed by atoms with Crippen molar-refractivity contribution in [3.8, 4) is 0 Å². The van der Waals surface area contributed by atoms with Crippen molar-refractivity contribution in [2.24, 2.45) is 0 Å². The quantitative estimate of drug-likeness (QED) is 0.562. The fourth-order valence-corrected chi connectivity index (χ4v) is 1.36. The van der Waals surface area contributed by atoms with Crippen molar-refractivity contribution in [2.75, 3.05) is 13.6 Å². The van der Waals surface area contributed by atoms with Crippen molar-refractivity contribution in [1.82, 2.24) is 10.0 Å². The zero-order valence-electron chi connectivity index (χ0n) is 7.49. The Balaban J connectivity index is 2.51. The molecule has 1 aliphatic rings. The predicted molar refractivity (Wildman–Crippen MR) is 44.2 cm³/mol. The highest BCUT2D eigenvalue weighted by Gasteiger charge is 2.31. The molecule has 0 aromatic carbocycles. The summed E-state index contributed by atoms with van der Waals surface area (Å²) in [7, 11) is 1.88. The van der Waals surface area contributed by atoms with Gasteiger partial charge >= 0.3 is 0 Å². The molecule has 1 fully saturated rings. The molecule has 0 N–H and O–H groups in total. The van der Waals surface area contributed by atoms with E-state index < -0.39 is 0 Å². The summed E-state index contributed by atoms with van der Waals surface area (Å²) in [6.07, 6.45) is 1.82. The van der Waals surface area contributed by atoms with Crippen LogP contribution in [0, 0.1) is 0 Å². The molecule has 1 heterocycles. The Bertz CT molecular complexity index is 193. The van der Waals surface area contributed by atoms with E-state index >= 15 is 0 Å². The summed E-state index contributed by atoms with van der Waals surface area (Å²) in [5, 5.41) is 3.53. The smallest absolute Gasteiger partial charge is 0.238 e. The Morgan fingerprint density at radius 3 is 2.75 bits per heavy atom. The van der Waals surface area contributed by atoms with Crippen LogP contribution in [0.4, 0.5) is 0 Å². The SMILES string of the molecule is CC1CC(=O)N(CCC=O)N1C. The second-order valence-electron chi connectivity index (χ2n) is 3.10. The van der Waals surface area contributed by atoms with E-state index in [-0.39, 0.29) is 11.9 Å². The molecule has 0 saturated carbocycles. The molecule has 1 rings (SSSR count). The maximum Gasteiger partial charge on any atom is 0.238 e. The average Bonchev–Trinajstić information content (AvgIpc) is 2.25. The first-order valence-electron chi connectivity index (χ1n) is 4.13. The van der Waals surface area contributed by atoms with Gasteiger partial charge in [0.1, 0.15) is 6.29 Å². The summed E-state index contributed by atoms with van der Waals surface area (Å²) in [6, 6.07) is 0.268. The second kappa shape index (κ2) is 3.67. The van der Waals surface area contributed by atoms with E-state index in [0.717, 1.165) is 6.29 Å². The standard InChI is InChI=1S/C8H14N2O2/c1-7-6-8(12)10(9(7)2)4-3-5-11/h5,7H,3-4,6H2,1-2H3. The summed E-state index contributed by atoms with van der Waals surface area (Å²) in [5.41, 5.74) is 0. The molecule has 0 radical (unpaired) electrons. The summed E-state index contributed by atoms with van der Waals surface area (Å²) in [5.74, 6) is 0.117. The Morgan fingerprint density at radius 1 is 1.67 bits per heavy atom. The summed E-state index contributed by atoms with van der Waals surface area (Å²) in [4.78, 5) is 21.4. The predicted octanol–water partition coefficient (Wildman–Crippen LogP) is 0.0430. The van der Waals surface area contributed by atoms with Gasteiger partial charge in [0.15, 0.2) is 0 Å². The van der Waals surface area contributed by atoms with Crippen molar-refractivity contribution >= 4 is 12.2 Å². The van der Waals surface area contributed by atoms with Gasteiger partial charge in [-0.15, -0.1) is 0 Å². The summed E-state index contributed by atoms with van der Waals surface area (Å²) < 4.78 is 0. The van der Waals surface area contributed by atoms with E-state index in [1.807, 2.05) is 19.0 Å². The minimum absolute atomic E-state index is 0.117. The molecule has 0 spiro atoms. The van der Waals surface area contributed by atoms with E-state index in [1.165, 1.54) is 0 Å². The van der Waals surface area contributed by atoms with Gasteiger partial charge in [0.2, 0.25) is 5.91 Å². The van der Waals surface area contributed by atoms with E-state index in [2.05, 4.69) is 0 Å². The highest BCUT2D eigenvalue weighted by atomic mass is 16.2. The maximum atomic E-state index is 11.3. The molecule has 0 aromatic rings. The Hall–Kier alpha value is -0.900. The van der Waals surface area contributed by atoms with Gasteiger partial charge in [-0.05, 0) is 6.92 Å². The topological polar surface area (TPSA) is 40.6 Å². The molecule has 4 heteroatoms. The van der Waals surface area contributed by atoms with Crippen LogP contribution in [-0.2, 0) is 9.59 Å². The minimum Gasteiger partial charge on any atom is -0.303 e. The molecule has 4 nitrogen and oxygen atoms in total. The van der Waals surface area contributed by atoms with E-state index in [1.54, 1.807) is 5.01 Å². The highest BCUT2D eigenvalue weighted by molar-refractivity contribution is 5.78. The lowest BCUT2D eigenvalue weighted by Gasteiger charge is -2.25. The third kappa shape index (κ3) is 1.64. The van der Waals surface area contributed by atoms with E-state index in [4.69, 9.17) is 0 Å². The van der Waals surface area contributed by atoms with Crippen LogP contribution in [-0.4, -0.2) is 41.8 Å². The van der Waals surface area contributed by atoms with Crippen molar-refractivity contribution in [2.45, 2.75) is 25.8 Å². The van der Waals surface area contributed by atoms with Crippen molar-refractivity contribution in [3.63, 3.8) is 0 Å².